The van der Waals surface area contributed by atoms with Gasteiger partial charge in [0.1, 0.15) is 5.43 Å². The van der Waals surface area contributed by atoms with Crippen LogP contribution in [-0.2, 0) is 24.1 Å². The standard InChI is InChI=1S/C34H38N5O3.C2H4O2.Lu/c1-5-22-23(6-2)32-34(42)33-25(12-10-16-41)21(4)31(39-33)19-36-27-14-8-7-13-26(27)35-18-30-20(3)24(11-9-15-40)29(37-30)17-28(22)38-32;1-2(3)4;/h7-8,13-14,17-19,40-41H,5-6,9-12,15-16H2,1-4H3,(H-,35,36,37,38,39,42);1H3,(H,3,4);/q-1;;+3/p-2. The van der Waals surface area contributed by atoms with Crippen molar-refractivity contribution >= 4 is 50.2 Å². The molecular weight excluding hydrogens is 757 g/mol. The van der Waals surface area contributed by atoms with Crippen molar-refractivity contribution in [3.8, 4) is 0 Å². The van der Waals surface area contributed by atoms with Crippen LogP contribution < -0.4 is 20.5 Å². The van der Waals surface area contributed by atoms with Crippen molar-refractivity contribution in [2.24, 2.45) is 0 Å². The Morgan fingerprint density at radius 3 is 1.98 bits per heavy atom. The van der Waals surface area contributed by atoms with Crippen LogP contribution in [0.1, 0.15) is 80.6 Å². The second-order valence-corrected chi connectivity index (χ2v) is 11.1. The van der Waals surface area contributed by atoms with E-state index in [9.17, 15) is 15.0 Å². The quantitative estimate of drug-likeness (QED) is 0.267. The van der Waals surface area contributed by atoms with Crippen molar-refractivity contribution in [3.63, 3.8) is 0 Å². The van der Waals surface area contributed by atoms with Crippen LogP contribution in [-0.4, -0.2) is 44.3 Å². The molecule has 5 rings (SSSR count). The zero-order valence-corrected chi connectivity index (χ0v) is 29.0. The number of aryl methyl sites for hydroxylation is 4. The number of allylic oxidation sites excluding steroid dienone is 2. The Balaban J connectivity index is 0.00000114. The third kappa shape index (κ3) is 8.73. The van der Waals surface area contributed by atoms with Crippen LogP contribution in [0.2, 0.25) is 0 Å². The third-order valence-electron chi connectivity index (χ3n) is 8.05. The second kappa shape index (κ2) is 17.6. The molecule has 0 aliphatic carbocycles. The number of rotatable bonds is 8. The maximum Gasteiger partial charge on any atom is 3.00 e. The number of carbonyl (C=O) groups is 1. The number of fused-ring (bicyclic) bond motifs is 7. The molecule has 11 heteroatoms. The van der Waals surface area contributed by atoms with Crippen molar-refractivity contribution < 1.29 is 57.0 Å². The molecule has 0 saturated carbocycles. The molecule has 0 spiro atoms. The fourth-order valence-electron chi connectivity index (χ4n) is 5.74. The smallest absolute Gasteiger partial charge is 0.654 e. The normalized spacial score (nSPS) is 11.6. The predicted octanol–water partition coefficient (Wildman–Crippen LogP) is 3.99. The molecule has 47 heavy (non-hydrogen) atoms. The molecule has 0 atom stereocenters. The van der Waals surface area contributed by atoms with Crippen molar-refractivity contribution in [2.75, 3.05) is 13.2 Å². The number of aliphatic hydroxyl groups is 2. The molecule has 4 aromatic rings. The molecular formula is C36H40LuN5O5. The van der Waals surface area contributed by atoms with Gasteiger partial charge in [0.15, 0.2) is 0 Å². The topological polar surface area (TPSA) is 165 Å². The molecule has 1 aromatic carbocycles. The average Bonchev–Trinajstić information content (AvgIpc) is 3.66. The maximum absolute atomic E-state index is 14.2. The molecule has 2 N–H and O–H groups in total. The summed E-state index contributed by atoms with van der Waals surface area (Å²) >= 11 is 0. The van der Waals surface area contributed by atoms with E-state index in [2.05, 4.69) is 6.92 Å². The number of benzene rings is 1. The van der Waals surface area contributed by atoms with E-state index < -0.39 is 5.97 Å². The minimum atomic E-state index is -1.08. The van der Waals surface area contributed by atoms with Crippen molar-refractivity contribution in [3.05, 3.63) is 86.6 Å². The van der Waals surface area contributed by atoms with Crippen molar-refractivity contribution in [1.29, 1.82) is 0 Å². The molecule has 10 nitrogen and oxygen atoms in total. The van der Waals surface area contributed by atoms with Gasteiger partial charge in [-0.05, 0) is 82.6 Å². The fraction of sp³-hybridized carbons (Fsp3) is 0.361. The van der Waals surface area contributed by atoms with Gasteiger partial charge in [0, 0.05) is 25.4 Å². The monoisotopic (exact) mass is 797 g/mol. The number of hydrogen-bond donors (Lipinski definition) is 2. The van der Waals surface area contributed by atoms with E-state index in [1.54, 1.807) is 12.4 Å². The summed E-state index contributed by atoms with van der Waals surface area (Å²) in [5, 5.41) is 28.0. The predicted molar refractivity (Wildman–Crippen MR) is 179 cm³/mol. The molecule has 1 aliphatic rings. The number of hydrogen-bond acceptors (Lipinski definition) is 8. The van der Waals surface area contributed by atoms with Crippen LogP contribution in [0, 0.1) is 43.8 Å². The Kier molecular flexibility index (Phi) is 14.3. The van der Waals surface area contributed by atoms with Crippen molar-refractivity contribution in [2.45, 2.75) is 73.1 Å². The van der Waals surface area contributed by atoms with E-state index in [1.807, 2.05) is 51.1 Å². The maximum atomic E-state index is 14.2. The molecule has 254 valence electrons. The first-order valence-corrected chi connectivity index (χ1v) is 15.6. The van der Waals surface area contributed by atoms with Crippen LogP contribution in [0.3, 0.4) is 0 Å². The van der Waals surface area contributed by atoms with E-state index in [1.165, 1.54) is 0 Å². The third-order valence-corrected chi connectivity index (χ3v) is 8.05. The number of para-hydroxylation sites is 2. The second-order valence-electron chi connectivity index (χ2n) is 11.1. The van der Waals surface area contributed by atoms with Gasteiger partial charge in [-0.15, -0.1) is 11.0 Å². The number of aromatic nitrogens is 5. The zero-order chi connectivity index (χ0) is 33.4. The summed E-state index contributed by atoms with van der Waals surface area (Å²) in [5.41, 5.74) is 10.5. The van der Waals surface area contributed by atoms with Crippen LogP contribution in [0.5, 0.6) is 0 Å². The summed E-state index contributed by atoms with van der Waals surface area (Å²) in [6.07, 6.45) is 7.16. The number of carbonyl (C=O) groups excluding carboxylic acids is 1. The van der Waals surface area contributed by atoms with Crippen LogP contribution >= 0.6 is 0 Å². The molecule has 4 heterocycles. The first-order chi connectivity index (χ1) is 22.1. The van der Waals surface area contributed by atoms with Gasteiger partial charge < -0.3 is 30.1 Å². The van der Waals surface area contributed by atoms with Gasteiger partial charge in [0.2, 0.25) is 0 Å². The summed E-state index contributed by atoms with van der Waals surface area (Å²) in [7, 11) is 0. The number of nitrogens with zero attached hydrogens (tertiary/aromatic N) is 5. The first kappa shape index (κ1) is 38.0. The van der Waals surface area contributed by atoms with Crippen molar-refractivity contribution in [1.82, 2.24) is 24.9 Å². The molecule has 0 fully saturated rings. The van der Waals surface area contributed by atoms with Crippen LogP contribution in [0.15, 0.2) is 47.5 Å². The molecule has 1 aliphatic heterocycles. The molecule has 0 saturated heterocycles. The van der Waals surface area contributed by atoms with Gasteiger partial charge >= 0.3 is 36.9 Å². The minimum Gasteiger partial charge on any atom is -0.654 e. The van der Waals surface area contributed by atoms with Gasteiger partial charge in [-0.2, -0.15) is 0 Å². The zero-order valence-electron chi connectivity index (χ0n) is 27.3. The van der Waals surface area contributed by atoms with Gasteiger partial charge in [-0.3, -0.25) is 14.8 Å². The summed E-state index contributed by atoms with van der Waals surface area (Å²) < 4.78 is 0. The Morgan fingerprint density at radius 2 is 1.38 bits per heavy atom. The summed E-state index contributed by atoms with van der Waals surface area (Å²) in [6, 6.07) is 9.58. The fourth-order valence-corrected chi connectivity index (χ4v) is 5.74. The Hall–Kier alpha value is -3.44. The van der Waals surface area contributed by atoms with Gasteiger partial charge in [0.25, 0.3) is 0 Å². The first-order valence-electron chi connectivity index (χ1n) is 15.6. The molecule has 0 amide bonds. The SMILES string of the molecule is CC(=O)[O-].CCc1c(CC)c2[n-]c1cc1nc(cnc3ccccc3ncc3[n-]c(c(CCCO)c3C)c2=O)C(C)=C1CCCO.[Lu+3]. The van der Waals surface area contributed by atoms with E-state index >= 15 is 0 Å². The van der Waals surface area contributed by atoms with Gasteiger partial charge in [-0.1, -0.05) is 65.3 Å². The summed E-state index contributed by atoms with van der Waals surface area (Å²) in [6.45, 7) is 9.17. The van der Waals surface area contributed by atoms with E-state index in [-0.39, 0.29) is 55.5 Å². The molecule has 6 bridgehead atoms. The number of carboxylic acid groups (broad SMARTS) is 1. The summed E-state index contributed by atoms with van der Waals surface area (Å²) in [5.74, 6) is -1.08. The van der Waals surface area contributed by atoms with Crippen LogP contribution in [0.4, 0.5) is 0 Å². The van der Waals surface area contributed by atoms with Gasteiger partial charge in [0.05, 0.1) is 28.6 Å². The minimum absolute atomic E-state index is 0. The Morgan fingerprint density at radius 1 is 0.830 bits per heavy atom. The Bertz CT molecular complexity index is 1990. The number of carboxylic acids is 1. The van der Waals surface area contributed by atoms with E-state index in [0.717, 1.165) is 63.6 Å². The Labute approximate surface area is 303 Å². The van der Waals surface area contributed by atoms with Crippen LogP contribution in [0.25, 0.3) is 44.2 Å². The van der Waals surface area contributed by atoms with Gasteiger partial charge in [-0.25, -0.2) is 4.98 Å². The molecule has 3 aromatic heterocycles. The van der Waals surface area contributed by atoms with E-state index in [4.69, 9.17) is 34.8 Å². The largest absolute Gasteiger partial charge is 3.00 e. The molecule has 0 radical (unpaired) electrons. The van der Waals surface area contributed by atoms with E-state index in [0.29, 0.717) is 59.7 Å². The average molecular weight is 798 g/mol. The number of aliphatic hydroxyl groups excluding tert-OH is 2. The summed E-state index contributed by atoms with van der Waals surface area (Å²) in [4.78, 5) is 47.3. The molecule has 0 unspecified atom stereocenters. The number of aliphatic carboxylic acids is 1.